The second-order valence-electron chi connectivity index (χ2n) is 5.79. The molecule has 0 atom stereocenters. The van der Waals surface area contributed by atoms with Crippen molar-refractivity contribution < 1.29 is 4.79 Å². The molecule has 3 N–H and O–H groups in total. The van der Waals surface area contributed by atoms with Crippen LogP contribution in [0.15, 0.2) is 36.2 Å². The van der Waals surface area contributed by atoms with E-state index in [1.165, 1.54) is 12.6 Å². The molecule has 6 nitrogen and oxygen atoms in total. The van der Waals surface area contributed by atoms with Crippen LogP contribution < -0.4 is 10.6 Å². The first-order valence-corrected chi connectivity index (χ1v) is 7.87. The van der Waals surface area contributed by atoms with Gasteiger partial charge in [-0.1, -0.05) is 19.3 Å². The number of carbonyl (C=O) groups excluding carboxylic acids is 1. The summed E-state index contributed by atoms with van der Waals surface area (Å²) in [5, 5.41) is 23.0. The fourth-order valence-corrected chi connectivity index (χ4v) is 2.84. The quantitative estimate of drug-likeness (QED) is 0.598. The zero-order chi connectivity index (χ0) is 16.1. The van der Waals surface area contributed by atoms with Crippen LogP contribution in [0.3, 0.4) is 0 Å². The summed E-state index contributed by atoms with van der Waals surface area (Å²) in [6, 6.07) is 7.83. The first-order chi connectivity index (χ1) is 11.3. The van der Waals surface area contributed by atoms with Gasteiger partial charge in [-0.05, 0) is 31.0 Å². The predicted molar refractivity (Wildman–Crippen MR) is 88.4 cm³/mol. The summed E-state index contributed by atoms with van der Waals surface area (Å²) < 4.78 is 0. The summed E-state index contributed by atoms with van der Waals surface area (Å²) >= 11 is 0. The van der Waals surface area contributed by atoms with Gasteiger partial charge in [-0.3, -0.25) is 9.89 Å². The number of anilines is 1. The molecule has 1 aromatic carbocycles. The molecule has 0 radical (unpaired) electrons. The predicted octanol–water partition coefficient (Wildman–Crippen LogP) is 2.83. The summed E-state index contributed by atoms with van der Waals surface area (Å²) in [6.45, 7) is 0. The van der Waals surface area contributed by atoms with Crippen LogP contribution in [0.2, 0.25) is 0 Å². The minimum Gasteiger partial charge on any atom is -0.360 e. The Balaban J connectivity index is 1.65. The topological polar surface area (TPSA) is 93.6 Å². The summed E-state index contributed by atoms with van der Waals surface area (Å²) in [6.07, 6.45) is 8.69. The second-order valence-corrected chi connectivity index (χ2v) is 5.79. The molecule has 1 fully saturated rings. The van der Waals surface area contributed by atoms with Crippen molar-refractivity contribution in [1.82, 2.24) is 15.5 Å². The third-order valence-electron chi connectivity index (χ3n) is 4.13. The number of carbonyl (C=O) groups is 1. The molecule has 0 saturated heterocycles. The maximum absolute atomic E-state index is 12.2. The first-order valence-electron chi connectivity index (χ1n) is 7.87. The van der Waals surface area contributed by atoms with E-state index in [0.29, 0.717) is 0 Å². The van der Waals surface area contributed by atoms with E-state index in [4.69, 9.17) is 0 Å². The Bertz CT molecular complexity index is 765. The van der Waals surface area contributed by atoms with E-state index in [0.717, 1.165) is 42.3 Å². The van der Waals surface area contributed by atoms with Gasteiger partial charge >= 0.3 is 0 Å². The molecule has 0 spiro atoms. The van der Waals surface area contributed by atoms with Gasteiger partial charge in [0.25, 0.3) is 5.91 Å². The lowest BCUT2D eigenvalue weighted by Crippen LogP contribution is -2.37. The van der Waals surface area contributed by atoms with E-state index in [-0.39, 0.29) is 17.5 Å². The Hall–Kier alpha value is -2.81. The second kappa shape index (κ2) is 6.97. The minimum atomic E-state index is -0.311. The Kier molecular flexibility index (Phi) is 4.57. The number of nitrogens with one attached hydrogen (secondary N) is 3. The SMILES string of the molecule is N#C/C(=C/Nc1ccc2cn[nH]c2c1)C(=O)NC1CCCCC1. The van der Waals surface area contributed by atoms with E-state index >= 15 is 0 Å². The number of hydrogen-bond acceptors (Lipinski definition) is 4. The molecule has 0 unspecified atom stereocenters. The van der Waals surface area contributed by atoms with Crippen molar-refractivity contribution in [3.63, 3.8) is 0 Å². The van der Waals surface area contributed by atoms with Crippen LogP contribution >= 0.6 is 0 Å². The lowest BCUT2D eigenvalue weighted by atomic mass is 9.95. The normalized spacial score (nSPS) is 16.0. The number of H-pyrrole nitrogens is 1. The summed E-state index contributed by atoms with van der Waals surface area (Å²) in [5.74, 6) is -0.311. The van der Waals surface area contributed by atoms with Gasteiger partial charge in [-0.2, -0.15) is 10.4 Å². The zero-order valence-electron chi connectivity index (χ0n) is 12.8. The van der Waals surface area contributed by atoms with E-state index < -0.39 is 0 Å². The molecule has 3 rings (SSSR count). The van der Waals surface area contributed by atoms with Gasteiger partial charge in [0.1, 0.15) is 11.6 Å². The lowest BCUT2D eigenvalue weighted by molar-refractivity contribution is -0.118. The van der Waals surface area contributed by atoms with E-state index in [1.807, 2.05) is 24.3 Å². The fourth-order valence-electron chi connectivity index (χ4n) is 2.84. The summed E-state index contributed by atoms with van der Waals surface area (Å²) in [7, 11) is 0. The molecule has 0 bridgehead atoms. The Labute approximate surface area is 134 Å². The first kappa shape index (κ1) is 15.1. The molecule has 23 heavy (non-hydrogen) atoms. The van der Waals surface area contributed by atoms with Crippen LogP contribution in [-0.2, 0) is 4.79 Å². The van der Waals surface area contributed by atoms with Gasteiger partial charge in [-0.15, -0.1) is 0 Å². The molecule has 0 aliphatic heterocycles. The van der Waals surface area contributed by atoms with E-state index in [1.54, 1.807) is 6.20 Å². The average molecular weight is 309 g/mol. The highest BCUT2D eigenvalue weighted by molar-refractivity contribution is 5.97. The molecule has 2 aromatic rings. The smallest absolute Gasteiger partial charge is 0.263 e. The third kappa shape index (κ3) is 3.69. The molecule has 1 heterocycles. The maximum atomic E-state index is 12.2. The largest absolute Gasteiger partial charge is 0.360 e. The number of aromatic nitrogens is 2. The van der Waals surface area contributed by atoms with Crippen LogP contribution in [0.1, 0.15) is 32.1 Å². The Morgan fingerprint density at radius 1 is 1.35 bits per heavy atom. The van der Waals surface area contributed by atoms with Crippen molar-refractivity contribution in [2.45, 2.75) is 38.1 Å². The Morgan fingerprint density at radius 3 is 2.96 bits per heavy atom. The van der Waals surface area contributed by atoms with Crippen molar-refractivity contribution in [2.75, 3.05) is 5.32 Å². The molecular formula is C17H19N5O. The summed E-state index contributed by atoms with van der Waals surface area (Å²) in [5.41, 5.74) is 1.77. The van der Waals surface area contributed by atoms with Crippen LogP contribution in [0.4, 0.5) is 5.69 Å². The highest BCUT2D eigenvalue weighted by Gasteiger charge is 2.17. The monoisotopic (exact) mass is 309 g/mol. The molecular weight excluding hydrogens is 290 g/mol. The number of nitrogens with zero attached hydrogens (tertiary/aromatic N) is 2. The van der Waals surface area contributed by atoms with Gasteiger partial charge in [0.15, 0.2) is 0 Å². The number of benzene rings is 1. The van der Waals surface area contributed by atoms with E-state index in [9.17, 15) is 10.1 Å². The molecule has 118 valence electrons. The van der Waals surface area contributed by atoms with Crippen molar-refractivity contribution in [2.24, 2.45) is 0 Å². The zero-order valence-corrected chi connectivity index (χ0v) is 12.8. The van der Waals surface area contributed by atoms with Crippen molar-refractivity contribution in [3.8, 4) is 6.07 Å². The fraction of sp³-hybridized carbons (Fsp3) is 0.353. The molecule has 1 saturated carbocycles. The number of rotatable bonds is 4. The van der Waals surface area contributed by atoms with Crippen molar-refractivity contribution in [3.05, 3.63) is 36.2 Å². The van der Waals surface area contributed by atoms with Gasteiger partial charge in [0.2, 0.25) is 0 Å². The van der Waals surface area contributed by atoms with Crippen LogP contribution in [0.25, 0.3) is 10.9 Å². The van der Waals surface area contributed by atoms with Gasteiger partial charge in [0, 0.05) is 23.3 Å². The number of aromatic amines is 1. The molecule has 1 aromatic heterocycles. The highest BCUT2D eigenvalue weighted by Crippen LogP contribution is 2.18. The van der Waals surface area contributed by atoms with E-state index in [2.05, 4.69) is 20.8 Å². The van der Waals surface area contributed by atoms with Crippen LogP contribution in [0, 0.1) is 11.3 Å². The van der Waals surface area contributed by atoms with Crippen molar-refractivity contribution >= 4 is 22.5 Å². The van der Waals surface area contributed by atoms with Crippen molar-refractivity contribution in [1.29, 1.82) is 5.26 Å². The standard InChI is InChI=1S/C17H19N5O/c18-9-13(17(23)21-14-4-2-1-3-5-14)10-19-15-7-6-12-11-20-22-16(12)8-15/h6-8,10-11,14,19H,1-5H2,(H,20,22)(H,21,23)/b13-10-. The minimum absolute atomic E-state index is 0.0836. The number of amides is 1. The number of hydrogen-bond donors (Lipinski definition) is 3. The molecule has 1 aliphatic carbocycles. The highest BCUT2D eigenvalue weighted by atomic mass is 16.1. The van der Waals surface area contributed by atoms with Crippen LogP contribution in [-0.4, -0.2) is 22.1 Å². The van der Waals surface area contributed by atoms with Crippen LogP contribution in [0.5, 0.6) is 0 Å². The third-order valence-corrected chi connectivity index (χ3v) is 4.13. The maximum Gasteiger partial charge on any atom is 0.263 e. The number of nitriles is 1. The van der Waals surface area contributed by atoms with Gasteiger partial charge < -0.3 is 10.6 Å². The number of fused-ring (bicyclic) bond motifs is 1. The molecule has 1 amide bonds. The average Bonchev–Trinajstić information content (AvgIpc) is 3.04. The molecule has 6 heteroatoms. The lowest BCUT2D eigenvalue weighted by Gasteiger charge is -2.22. The van der Waals surface area contributed by atoms with Gasteiger partial charge in [-0.25, -0.2) is 0 Å². The summed E-state index contributed by atoms with van der Waals surface area (Å²) in [4.78, 5) is 12.2. The Morgan fingerprint density at radius 2 is 2.17 bits per heavy atom. The van der Waals surface area contributed by atoms with Gasteiger partial charge in [0.05, 0.1) is 11.7 Å². The molecule has 1 aliphatic rings.